The van der Waals surface area contributed by atoms with E-state index in [9.17, 15) is 9.59 Å². The highest BCUT2D eigenvalue weighted by Crippen LogP contribution is 2.17. The number of carbonyl (C=O) groups is 2. The van der Waals surface area contributed by atoms with Crippen molar-refractivity contribution >= 4 is 23.6 Å². The zero-order chi connectivity index (χ0) is 17.2. The Kier molecular flexibility index (Phi) is 5.09. The summed E-state index contributed by atoms with van der Waals surface area (Å²) >= 11 is 5.63. The molecule has 0 N–H and O–H groups in total. The monoisotopic (exact) mass is 340 g/mol. The molecule has 1 fully saturated rings. The van der Waals surface area contributed by atoms with Crippen LogP contribution in [0.5, 0.6) is 0 Å². The first-order chi connectivity index (χ1) is 10.7. The fourth-order valence-electron chi connectivity index (χ4n) is 2.34. The molecule has 126 valence electrons. The van der Waals surface area contributed by atoms with Crippen LogP contribution in [0.2, 0.25) is 5.28 Å². The van der Waals surface area contributed by atoms with Crippen molar-refractivity contribution in [2.24, 2.45) is 0 Å². The molecule has 23 heavy (non-hydrogen) atoms. The second-order valence-electron chi connectivity index (χ2n) is 6.51. The third-order valence-corrected chi connectivity index (χ3v) is 3.61. The lowest BCUT2D eigenvalue weighted by atomic mass is 10.1. The molecule has 1 aliphatic heterocycles. The third-order valence-electron chi connectivity index (χ3n) is 3.41. The van der Waals surface area contributed by atoms with E-state index in [4.69, 9.17) is 16.3 Å². The highest BCUT2D eigenvalue weighted by atomic mass is 35.5. The molecule has 0 radical (unpaired) electrons. The van der Waals surface area contributed by atoms with Crippen LogP contribution in [0.4, 0.5) is 4.79 Å². The largest absolute Gasteiger partial charge is 0.444 e. The average Bonchev–Trinajstić information content (AvgIpc) is 2.45. The van der Waals surface area contributed by atoms with E-state index in [1.165, 1.54) is 12.4 Å². The molecule has 2 heterocycles. The molecule has 1 aliphatic rings. The van der Waals surface area contributed by atoms with Crippen LogP contribution in [-0.2, 0) is 4.74 Å². The molecule has 0 aliphatic carbocycles. The molecule has 0 saturated carbocycles. The zero-order valence-corrected chi connectivity index (χ0v) is 14.5. The molecule has 2 rings (SSSR count). The Morgan fingerprint density at radius 3 is 2.39 bits per heavy atom. The summed E-state index contributed by atoms with van der Waals surface area (Å²) in [6.07, 6.45) is 2.46. The van der Waals surface area contributed by atoms with Crippen LogP contribution in [0.25, 0.3) is 0 Å². The van der Waals surface area contributed by atoms with E-state index in [0.717, 1.165) is 0 Å². The van der Waals surface area contributed by atoms with Gasteiger partial charge in [0.25, 0.3) is 5.91 Å². The van der Waals surface area contributed by atoms with Gasteiger partial charge in [-0.1, -0.05) is 0 Å². The Bertz CT molecular complexity index is 585. The number of halogens is 1. The van der Waals surface area contributed by atoms with Gasteiger partial charge in [-0.3, -0.25) is 4.79 Å². The molecule has 0 spiro atoms. The summed E-state index contributed by atoms with van der Waals surface area (Å²) in [5.74, 6) is -0.169. The molecular formula is C15H21ClN4O3. The molecule has 1 aromatic heterocycles. The normalized spacial score (nSPS) is 18.7. The molecule has 7 nitrogen and oxygen atoms in total. The molecule has 1 atom stereocenters. The first-order valence-corrected chi connectivity index (χ1v) is 7.81. The number of nitrogens with zero attached hydrogens (tertiary/aromatic N) is 4. The summed E-state index contributed by atoms with van der Waals surface area (Å²) in [6, 6.07) is -0.129. The highest BCUT2D eigenvalue weighted by Gasteiger charge is 2.32. The molecule has 8 heteroatoms. The molecular weight excluding hydrogens is 320 g/mol. The average molecular weight is 341 g/mol. The van der Waals surface area contributed by atoms with Crippen LogP contribution < -0.4 is 0 Å². The van der Waals surface area contributed by atoms with Gasteiger partial charge >= 0.3 is 6.09 Å². The maximum absolute atomic E-state index is 12.4. The van der Waals surface area contributed by atoms with Crippen LogP contribution in [0, 0.1) is 0 Å². The number of piperazine rings is 1. The predicted octanol–water partition coefficient (Wildman–Crippen LogP) is 2.21. The minimum Gasteiger partial charge on any atom is -0.444 e. The lowest BCUT2D eigenvalue weighted by Gasteiger charge is -2.40. The molecule has 1 saturated heterocycles. The fraction of sp³-hybridized carbons (Fsp3) is 0.600. The lowest BCUT2D eigenvalue weighted by Crippen LogP contribution is -2.56. The fourth-order valence-corrected chi connectivity index (χ4v) is 2.44. The number of aromatic nitrogens is 2. The van der Waals surface area contributed by atoms with Gasteiger partial charge in [-0.25, -0.2) is 14.8 Å². The van der Waals surface area contributed by atoms with Crippen molar-refractivity contribution in [3.8, 4) is 0 Å². The number of ether oxygens (including phenoxy) is 1. The first kappa shape index (κ1) is 17.5. The van der Waals surface area contributed by atoms with Crippen LogP contribution >= 0.6 is 11.6 Å². The van der Waals surface area contributed by atoms with E-state index in [2.05, 4.69) is 9.97 Å². The molecule has 0 aromatic carbocycles. The summed E-state index contributed by atoms with van der Waals surface area (Å²) in [5.41, 5.74) is -0.156. The number of amides is 2. The van der Waals surface area contributed by atoms with Crippen LogP contribution in [0.15, 0.2) is 12.4 Å². The Morgan fingerprint density at radius 1 is 1.26 bits per heavy atom. The summed E-state index contributed by atoms with van der Waals surface area (Å²) < 4.78 is 5.39. The zero-order valence-electron chi connectivity index (χ0n) is 13.7. The van der Waals surface area contributed by atoms with Gasteiger partial charge in [0.1, 0.15) is 5.60 Å². The smallest absolute Gasteiger partial charge is 0.410 e. The Hall–Kier alpha value is -1.89. The standard InChI is InChI=1S/C15H21ClN4O3/c1-10-9-19(12(21)11-7-17-13(16)18-8-11)5-6-20(10)14(22)23-15(2,3)4/h7-8,10H,5-6,9H2,1-4H3. The quantitative estimate of drug-likeness (QED) is 0.733. The summed E-state index contributed by atoms with van der Waals surface area (Å²) in [4.78, 5) is 35.6. The Balaban J connectivity index is 1.99. The number of hydrogen-bond acceptors (Lipinski definition) is 5. The van der Waals surface area contributed by atoms with Gasteiger partial charge in [0.15, 0.2) is 0 Å². The maximum Gasteiger partial charge on any atom is 0.410 e. The van der Waals surface area contributed by atoms with E-state index in [1.54, 1.807) is 9.80 Å². The molecule has 0 bridgehead atoms. The van der Waals surface area contributed by atoms with Crippen molar-refractivity contribution in [1.29, 1.82) is 0 Å². The van der Waals surface area contributed by atoms with Crippen molar-refractivity contribution in [3.05, 3.63) is 23.2 Å². The van der Waals surface area contributed by atoms with Crippen LogP contribution in [0.1, 0.15) is 38.1 Å². The summed E-state index contributed by atoms with van der Waals surface area (Å²) in [5, 5.41) is 0.102. The molecule has 1 aromatic rings. The first-order valence-electron chi connectivity index (χ1n) is 7.44. The van der Waals surface area contributed by atoms with Gasteiger partial charge in [-0.05, 0) is 39.3 Å². The van der Waals surface area contributed by atoms with Gasteiger partial charge in [0.05, 0.1) is 5.56 Å². The number of carbonyl (C=O) groups excluding carboxylic acids is 2. The van der Waals surface area contributed by atoms with Crippen LogP contribution in [-0.4, -0.2) is 63.0 Å². The van der Waals surface area contributed by atoms with Gasteiger partial charge in [0.2, 0.25) is 5.28 Å². The Labute approximate surface area is 140 Å². The van der Waals surface area contributed by atoms with Crippen molar-refractivity contribution < 1.29 is 14.3 Å². The van der Waals surface area contributed by atoms with Gasteiger partial charge in [-0.15, -0.1) is 0 Å². The maximum atomic E-state index is 12.4. The van der Waals surface area contributed by atoms with Crippen LogP contribution in [0.3, 0.4) is 0 Å². The number of hydrogen-bond donors (Lipinski definition) is 0. The van der Waals surface area contributed by atoms with Crippen molar-refractivity contribution in [2.45, 2.75) is 39.3 Å². The van der Waals surface area contributed by atoms with E-state index < -0.39 is 5.60 Å². The summed E-state index contributed by atoms with van der Waals surface area (Å²) in [7, 11) is 0. The predicted molar refractivity (Wildman–Crippen MR) is 85.3 cm³/mol. The van der Waals surface area contributed by atoms with E-state index in [1.807, 2.05) is 27.7 Å². The van der Waals surface area contributed by atoms with Gasteiger partial charge < -0.3 is 14.5 Å². The minimum atomic E-state index is -0.537. The summed E-state index contributed by atoms with van der Waals surface area (Å²) in [6.45, 7) is 8.67. The van der Waals surface area contributed by atoms with E-state index in [0.29, 0.717) is 25.2 Å². The lowest BCUT2D eigenvalue weighted by molar-refractivity contribution is 0.00197. The second kappa shape index (κ2) is 6.70. The topological polar surface area (TPSA) is 75.6 Å². The van der Waals surface area contributed by atoms with Gasteiger partial charge in [0, 0.05) is 38.1 Å². The second-order valence-corrected chi connectivity index (χ2v) is 6.85. The minimum absolute atomic E-state index is 0.102. The molecule has 2 amide bonds. The molecule has 1 unspecified atom stereocenters. The van der Waals surface area contributed by atoms with Crippen molar-refractivity contribution in [2.75, 3.05) is 19.6 Å². The van der Waals surface area contributed by atoms with Crippen molar-refractivity contribution in [3.63, 3.8) is 0 Å². The highest BCUT2D eigenvalue weighted by molar-refractivity contribution is 6.28. The Morgan fingerprint density at radius 2 is 1.87 bits per heavy atom. The van der Waals surface area contributed by atoms with E-state index >= 15 is 0 Å². The van der Waals surface area contributed by atoms with E-state index in [-0.39, 0.29) is 23.3 Å². The SMILES string of the molecule is CC1CN(C(=O)c2cnc(Cl)nc2)CCN1C(=O)OC(C)(C)C. The number of rotatable bonds is 1. The van der Waals surface area contributed by atoms with Crippen molar-refractivity contribution in [1.82, 2.24) is 19.8 Å². The third kappa shape index (κ3) is 4.54. The van der Waals surface area contributed by atoms with Gasteiger partial charge in [-0.2, -0.15) is 0 Å².